The number of amides is 8. The van der Waals surface area contributed by atoms with E-state index in [2.05, 4.69) is 59.9 Å². The zero-order valence-electron chi connectivity index (χ0n) is 77.3. The molecular weight excluding hydrogens is 2090 g/mol. The number of halogens is 2. The van der Waals surface area contributed by atoms with E-state index in [4.69, 9.17) is 44.9 Å². The number of β-amino-alcohol motifs (C(OH)–C–C–N with tert-alkyl or cyclic N) is 3. The molecule has 6 atom stereocenters. The third-order valence-corrected chi connectivity index (χ3v) is 29.8. The van der Waals surface area contributed by atoms with Crippen molar-refractivity contribution in [3.05, 3.63) is 270 Å². The van der Waals surface area contributed by atoms with Gasteiger partial charge in [0, 0.05) is 141 Å². The summed E-state index contributed by atoms with van der Waals surface area (Å²) in [6.07, 6.45) is 22.9. The lowest BCUT2D eigenvalue weighted by atomic mass is 10.1. The molecule has 1 fully saturated rings. The molecule has 39 nitrogen and oxygen atoms in total. The monoisotopic (exact) mass is 2210 g/mol. The number of hydrogen-bond donors (Lipinski definition) is 7. The zero-order chi connectivity index (χ0) is 102. The van der Waals surface area contributed by atoms with Gasteiger partial charge in [0.2, 0.25) is 25.3 Å². The second kappa shape index (κ2) is 61.7. The molecule has 6 aromatic heterocycles. The number of sulfonamides is 2. The van der Waals surface area contributed by atoms with Gasteiger partial charge in [0.05, 0.1) is 156 Å². The van der Waals surface area contributed by atoms with Crippen LogP contribution in [-0.4, -0.2) is 310 Å². The van der Waals surface area contributed by atoms with Crippen molar-refractivity contribution in [3.63, 3.8) is 0 Å². The summed E-state index contributed by atoms with van der Waals surface area (Å²) in [6.45, 7) is 0.920. The van der Waals surface area contributed by atoms with Gasteiger partial charge in [-0.05, 0) is 153 Å². The number of aliphatic hydroxyl groups is 5. The Balaban J connectivity index is 0.000000354. The molecule has 0 radical (unpaired) electrons. The Morgan fingerprint density at radius 1 is 0.429 bits per heavy atom. The van der Waals surface area contributed by atoms with Gasteiger partial charge >= 0.3 is 0 Å². The van der Waals surface area contributed by atoms with Gasteiger partial charge < -0.3 is 41.7 Å². The van der Waals surface area contributed by atoms with Gasteiger partial charge in [-0.25, -0.2) is 75.3 Å². The summed E-state index contributed by atoms with van der Waals surface area (Å²) in [4.78, 5) is 149. The predicted molar refractivity (Wildman–Crippen MR) is 579 cm³/mol. The fourth-order valence-corrected chi connectivity index (χ4v) is 18.7. The maximum atomic E-state index is 12.3. The number of aryl methyl sites for hydroxylation is 4. The summed E-state index contributed by atoms with van der Waals surface area (Å²) >= 11 is 20.3. The summed E-state index contributed by atoms with van der Waals surface area (Å²) in [6, 6.07) is 36.4. The van der Waals surface area contributed by atoms with Crippen LogP contribution < -0.4 is 11.5 Å². The van der Waals surface area contributed by atoms with E-state index in [1.54, 1.807) is 224 Å². The van der Waals surface area contributed by atoms with Crippen molar-refractivity contribution in [1.82, 2.24) is 78.0 Å². The molecule has 12 aromatic rings. The van der Waals surface area contributed by atoms with E-state index in [9.17, 15) is 80.7 Å². The minimum Gasteiger partial charge on any atom is -0.393 e. The van der Waals surface area contributed by atoms with Crippen LogP contribution in [0.5, 0.6) is 0 Å². The number of carbonyl (C=O) groups is 8. The molecule has 6 aromatic carbocycles. The number of hydrogen-bond acceptors (Lipinski definition) is 37. The predicted octanol–water partition coefficient (Wildman–Crippen LogP) is 14.3. The van der Waals surface area contributed by atoms with E-state index < -0.39 is 62.4 Å². The Labute approximate surface area is 891 Å². The van der Waals surface area contributed by atoms with Crippen LogP contribution in [0.15, 0.2) is 218 Å². The van der Waals surface area contributed by atoms with E-state index in [0.29, 0.717) is 137 Å². The lowest BCUT2D eigenvalue weighted by Gasteiger charge is -2.18. The number of fused-ring (bicyclic) bond motifs is 6. The van der Waals surface area contributed by atoms with Gasteiger partial charge in [0.15, 0.2) is 4.47 Å². The summed E-state index contributed by atoms with van der Waals surface area (Å²) in [5.41, 5.74) is 23.4. The summed E-state index contributed by atoms with van der Waals surface area (Å²) < 4.78 is 57.7. The van der Waals surface area contributed by atoms with E-state index in [1.807, 2.05) is 25.0 Å². The van der Waals surface area contributed by atoms with Gasteiger partial charge in [-0.1, -0.05) is 110 Å². The molecule has 5 aliphatic rings. The quantitative estimate of drug-likeness (QED) is 0.00391. The van der Waals surface area contributed by atoms with Crippen molar-refractivity contribution >= 4 is 181 Å². The Morgan fingerprint density at radius 3 is 1.04 bits per heavy atom. The molecule has 792 valence electrons. The third kappa shape index (κ3) is 35.8. The fourth-order valence-electron chi connectivity index (χ4n) is 13.2. The van der Waals surface area contributed by atoms with Crippen molar-refractivity contribution in [2.45, 2.75) is 162 Å². The number of azide groups is 1. The molecule has 8 amide bonds. The highest BCUT2D eigenvalue weighted by molar-refractivity contribution is 7.99. The number of ether oxygens (including phenoxy) is 1. The molecule has 1 saturated heterocycles. The molecule has 0 spiro atoms. The van der Waals surface area contributed by atoms with E-state index in [-0.39, 0.29) is 129 Å². The smallest absolute Gasteiger partial charge is 0.261 e. The first-order valence-corrected chi connectivity index (χ1v) is 53.2. The second-order valence-electron chi connectivity index (χ2n) is 31.2. The van der Waals surface area contributed by atoms with E-state index in [0.717, 1.165) is 65.9 Å². The van der Waals surface area contributed by atoms with Gasteiger partial charge in [0.1, 0.15) is 17.5 Å². The highest BCUT2D eigenvalue weighted by Crippen LogP contribution is 2.33. The number of thioether (sulfide) groups is 4. The molecule has 49 heteroatoms. The summed E-state index contributed by atoms with van der Waals surface area (Å²) in [5, 5.41) is 53.0. The largest absolute Gasteiger partial charge is 0.393 e. The minimum absolute atomic E-state index is 0. The van der Waals surface area contributed by atoms with Crippen molar-refractivity contribution in [3.8, 4) is 0 Å². The second-order valence-corrected chi connectivity index (χ2v) is 42.1. The van der Waals surface area contributed by atoms with Crippen molar-refractivity contribution < 1.29 is 85.5 Å². The number of nitrogens with zero attached hydrogens (tertiary/aromatic N) is 19. The number of nitrogens with two attached hydrogens (primary N) is 2. The zero-order valence-corrected chi connectivity index (χ0v) is 85.4. The lowest BCUT2D eigenvalue weighted by Crippen LogP contribution is -2.39. The molecule has 0 bridgehead atoms. The van der Waals surface area contributed by atoms with Crippen LogP contribution in [0.2, 0.25) is 9.75 Å². The molecule has 0 saturated carbocycles. The number of rotatable bonds is 32. The van der Waals surface area contributed by atoms with Crippen LogP contribution in [0.3, 0.4) is 0 Å². The molecule has 17 rings (SSSR count). The summed E-state index contributed by atoms with van der Waals surface area (Å²) in [5.74, 6) is -0.587. The average Bonchev–Trinajstić information content (AvgIpc) is 1.66. The SMILES string of the molecule is C.C.C.C.C.C.CN(C)S(=O)(=O)c1ccc2nc(Cl)sc2c1.CSc1cnc(CC[C@H](O)CCc2nc3ccc(S(=O)(=O)N(C)C)cc3s2)nc1.CSc1cnc(CC[C@H](O)CN)nc1.CSc1cnc(CC[C@H](O)CN2C(=O)c3ccccc3C2=O)nc1.CSc1cnc(Cl)nc1.NC[C@H](O)CN1C(=O)c2ccccc2C1=O.O=C1c2ccccc2C(=O)N1C[C@H]1CO1.[N-]=[N+]=NC[C@H](O)CN1C(=O)c2ccccc2C1=O. The molecule has 147 heavy (non-hydrogen) atoms. The molecule has 0 aliphatic carbocycles. The summed E-state index contributed by atoms with van der Waals surface area (Å²) in [7, 11) is -0.825. The molecule has 5 aliphatic heterocycles. The van der Waals surface area contributed by atoms with Gasteiger partial charge in [-0.2, -0.15) is 0 Å². The van der Waals surface area contributed by atoms with Crippen molar-refractivity contribution in [2.24, 2.45) is 16.6 Å². The number of aliphatic hydroxyl groups excluding tert-OH is 5. The Morgan fingerprint density at radius 2 is 0.721 bits per heavy atom. The number of thiazole rings is 2. The number of benzene rings is 6. The van der Waals surface area contributed by atoms with Crippen LogP contribution in [0.25, 0.3) is 30.9 Å². The molecule has 0 unspecified atom stereocenters. The van der Waals surface area contributed by atoms with Crippen LogP contribution >= 0.6 is 92.9 Å². The van der Waals surface area contributed by atoms with E-state index >= 15 is 0 Å². The van der Waals surface area contributed by atoms with Gasteiger partial charge in [0.25, 0.3) is 47.3 Å². The molecule has 9 N–H and O–H groups in total. The first-order valence-electron chi connectivity index (χ1n) is 43.1. The molecule has 11 heterocycles. The number of carbonyl (C=O) groups excluding carboxylic acids is 8. The fraction of sp³-hybridized carbons (Fsp3) is 0.367. The van der Waals surface area contributed by atoms with E-state index in [1.165, 1.54) is 70.4 Å². The van der Waals surface area contributed by atoms with Crippen LogP contribution in [0, 0.1) is 0 Å². The van der Waals surface area contributed by atoms with Crippen molar-refractivity contribution in [1.29, 1.82) is 0 Å². The number of epoxide rings is 1. The Hall–Kier alpha value is -11.2. The number of aromatic nitrogens is 10. The Bertz CT molecular complexity index is 6530. The topological polar surface area (TPSA) is 568 Å². The normalized spacial score (nSPS) is 14.2. The average molecular weight is 2210 g/mol. The van der Waals surface area contributed by atoms with Crippen LogP contribution in [0.4, 0.5) is 0 Å². The maximum absolute atomic E-state index is 12.3. The molecular formula is C98H125Cl2N21O18S8. The van der Waals surface area contributed by atoms with Crippen LogP contribution in [-0.2, 0) is 50.5 Å². The highest BCUT2D eigenvalue weighted by Gasteiger charge is 2.41. The first kappa shape index (κ1) is 128. The van der Waals surface area contributed by atoms with Crippen LogP contribution in [0.1, 0.15) is 176 Å². The van der Waals surface area contributed by atoms with Crippen molar-refractivity contribution in [2.75, 3.05) is 106 Å². The minimum atomic E-state index is -3.46. The number of imide groups is 4. The maximum Gasteiger partial charge on any atom is 0.261 e. The first-order chi connectivity index (χ1) is 67.4. The standard InChI is InChI=1S/C19H24N4O3S3.C17H17N3O3S.C11H10N4O3.C11H12N2O3.C11H9NO3.C9H9ClN2O2S2.C9H15N3OS.C5H5ClN2S.6CH4/c1-23(2)29(25,26)15-6-7-16-17(10-15)28-19(22-16)9-5-13(24)4-8-18-20-11-14(27-3)12-21-18;1-24-12-8-18-15(19-9-12)7-6-11(21)10-20-16(22)13-4-2-3-5-14(13)17(20)23;12-14-13-5-7(16)6-15-10(17)8-3-1-2-4-9(8)11(15)18;12-5-7(14)6-13-10(15)8-3-1-2-4-9(8)11(13)16;13-10-8-3-1-2-4-9(8)11(14)12(10)5-7-6-15-7;1-12(2)16(13,14)6-3-4-7-8(5-6)15-9(10)11-7;1-14-8-5-11-9(12-6-8)3-2-7(13)4-10;1-9-4-2-7-5(6)8-3-4;;;;;;/h6-7,10-13,24H,4-5,8-9H2,1-3H3;2-5,8-9,11,21H,6-7,10H2,1H3;1-4,7,16H,5-6H2;1-4,7,14H,5-6,12H2;1-4,7H,5-6H2;3-5H,1-2H3;5-7,13H,2-4,10H2,1H3;2-3H,1H3;6*1H4/t13-;11-;3*7-;;7-;;;;;;;/m00000.0......./s1. The van der Waals surface area contributed by atoms with Gasteiger partial charge in [-0.15, -0.1) is 69.7 Å². The lowest BCUT2D eigenvalue weighted by molar-refractivity contribution is 0.0527. The van der Waals surface area contributed by atoms with Gasteiger partial charge in [-0.3, -0.25) is 58.0 Å². The Kier molecular flexibility index (Phi) is 53.7. The highest BCUT2D eigenvalue weighted by atomic mass is 35.5. The third-order valence-electron chi connectivity index (χ3n) is 21.1.